The zero-order valence-electron chi connectivity index (χ0n) is 23.3. The van der Waals surface area contributed by atoms with Crippen molar-refractivity contribution in [2.75, 3.05) is 6.61 Å². The van der Waals surface area contributed by atoms with E-state index < -0.39 is 11.6 Å². The predicted octanol–water partition coefficient (Wildman–Crippen LogP) is 7.66. The van der Waals surface area contributed by atoms with Crippen LogP contribution in [0.3, 0.4) is 0 Å². The molecular weight excluding hydrogens is 464 g/mol. The second-order valence-corrected chi connectivity index (χ2v) is 10.9. The van der Waals surface area contributed by atoms with Gasteiger partial charge in [0.2, 0.25) is 0 Å². The smallest absolute Gasteiger partial charge is 0.350 e. The van der Waals surface area contributed by atoms with Gasteiger partial charge >= 0.3 is 5.97 Å². The Hall–Kier alpha value is -3.08. The minimum Gasteiger partial charge on any atom is -0.494 e. The fourth-order valence-corrected chi connectivity index (χ4v) is 4.70. The first kappa shape index (κ1) is 28.5. The Balaban J connectivity index is 1.58. The summed E-state index contributed by atoms with van der Waals surface area (Å²) in [7, 11) is 0. The van der Waals surface area contributed by atoms with Crippen LogP contribution in [0.4, 0.5) is 0 Å². The van der Waals surface area contributed by atoms with Gasteiger partial charge in [0.05, 0.1) is 12.7 Å². The molecule has 0 atom stereocenters. The van der Waals surface area contributed by atoms with Gasteiger partial charge in [-0.05, 0) is 113 Å². The van der Waals surface area contributed by atoms with Crippen molar-refractivity contribution in [1.82, 2.24) is 0 Å². The summed E-state index contributed by atoms with van der Waals surface area (Å²) >= 11 is 0. The Morgan fingerprint density at radius 3 is 2.22 bits per heavy atom. The summed E-state index contributed by atoms with van der Waals surface area (Å²) in [5.41, 5.74) is 2.16. The average molecular weight is 507 g/mol. The van der Waals surface area contributed by atoms with Crippen LogP contribution in [0.1, 0.15) is 93.3 Å². The SMILES string of the molecule is Cc1cc(/C=C/C(=O)c2ccc(OCCC3CCCCC3)cc2)cc(C)c1OC(C)(C)C(=O)OC(C)C. The highest BCUT2D eigenvalue weighted by atomic mass is 16.6. The van der Waals surface area contributed by atoms with Gasteiger partial charge in [0, 0.05) is 5.56 Å². The summed E-state index contributed by atoms with van der Waals surface area (Å²) in [6.07, 6.45) is 11.0. The number of hydrogen-bond donors (Lipinski definition) is 0. The van der Waals surface area contributed by atoms with E-state index in [1.807, 2.05) is 64.1 Å². The zero-order chi connectivity index (χ0) is 27.0. The molecule has 0 radical (unpaired) electrons. The minimum absolute atomic E-state index is 0.0676. The highest BCUT2D eigenvalue weighted by molar-refractivity contribution is 6.06. The lowest BCUT2D eigenvalue weighted by Crippen LogP contribution is -2.41. The number of carbonyl (C=O) groups is 2. The number of ketones is 1. The molecule has 3 rings (SSSR count). The summed E-state index contributed by atoms with van der Waals surface area (Å²) in [4.78, 5) is 25.1. The third kappa shape index (κ3) is 8.48. The first-order valence-corrected chi connectivity index (χ1v) is 13.5. The van der Waals surface area contributed by atoms with Crippen LogP contribution >= 0.6 is 0 Å². The molecule has 1 aliphatic carbocycles. The zero-order valence-corrected chi connectivity index (χ0v) is 23.3. The van der Waals surface area contributed by atoms with Crippen molar-refractivity contribution in [3.05, 3.63) is 64.7 Å². The van der Waals surface area contributed by atoms with Crippen molar-refractivity contribution in [2.24, 2.45) is 5.92 Å². The second-order valence-electron chi connectivity index (χ2n) is 10.9. The minimum atomic E-state index is -1.11. The van der Waals surface area contributed by atoms with Crippen LogP contribution in [0.5, 0.6) is 11.5 Å². The Kier molecular flexibility index (Phi) is 9.96. The molecule has 1 aliphatic rings. The quantitative estimate of drug-likeness (QED) is 0.178. The molecule has 0 heterocycles. The largest absolute Gasteiger partial charge is 0.494 e. The van der Waals surface area contributed by atoms with E-state index in [9.17, 15) is 9.59 Å². The summed E-state index contributed by atoms with van der Waals surface area (Å²) < 4.78 is 17.3. The van der Waals surface area contributed by atoms with Crippen LogP contribution in [0.2, 0.25) is 0 Å². The number of ether oxygens (including phenoxy) is 3. The van der Waals surface area contributed by atoms with Crippen molar-refractivity contribution >= 4 is 17.8 Å². The van der Waals surface area contributed by atoms with Gasteiger partial charge in [-0.25, -0.2) is 4.79 Å². The Morgan fingerprint density at radius 2 is 1.62 bits per heavy atom. The Bertz CT molecular complexity index is 1070. The lowest BCUT2D eigenvalue weighted by Gasteiger charge is -2.27. The highest BCUT2D eigenvalue weighted by Gasteiger charge is 2.33. The number of aryl methyl sites for hydroxylation is 2. The number of allylic oxidation sites excluding steroid dienone is 1. The lowest BCUT2D eigenvalue weighted by molar-refractivity contribution is -0.163. The summed E-state index contributed by atoms with van der Waals surface area (Å²) in [6.45, 7) is 11.6. The molecule has 0 spiro atoms. The summed E-state index contributed by atoms with van der Waals surface area (Å²) in [5, 5.41) is 0. The molecule has 0 N–H and O–H groups in total. The molecule has 1 saturated carbocycles. The molecule has 5 nitrogen and oxygen atoms in total. The molecule has 0 amide bonds. The van der Waals surface area contributed by atoms with E-state index in [1.165, 1.54) is 32.1 Å². The fraction of sp³-hybridized carbons (Fsp3) is 0.500. The maximum absolute atomic E-state index is 12.7. The molecule has 0 aliphatic heterocycles. The van der Waals surface area contributed by atoms with E-state index in [1.54, 1.807) is 26.0 Å². The van der Waals surface area contributed by atoms with Crippen LogP contribution in [0, 0.1) is 19.8 Å². The molecule has 0 bridgehead atoms. The van der Waals surface area contributed by atoms with Gasteiger partial charge in [0.15, 0.2) is 11.4 Å². The first-order chi connectivity index (χ1) is 17.5. The maximum Gasteiger partial charge on any atom is 0.350 e. The topological polar surface area (TPSA) is 61.8 Å². The van der Waals surface area contributed by atoms with Crippen LogP contribution in [-0.2, 0) is 9.53 Å². The number of rotatable bonds is 11. The van der Waals surface area contributed by atoms with E-state index in [-0.39, 0.29) is 11.9 Å². The second kappa shape index (κ2) is 12.9. The Morgan fingerprint density at radius 1 is 1.00 bits per heavy atom. The predicted molar refractivity (Wildman–Crippen MR) is 148 cm³/mol. The van der Waals surface area contributed by atoms with E-state index in [0.717, 1.165) is 41.4 Å². The summed E-state index contributed by atoms with van der Waals surface area (Å²) in [5.74, 6) is 1.77. The third-order valence-electron chi connectivity index (χ3n) is 6.76. The van der Waals surface area contributed by atoms with Crippen LogP contribution in [-0.4, -0.2) is 30.1 Å². The van der Waals surface area contributed by atoms with Gasteiger partial charge in [-0.3, -0.25) is 4.79 Å². The van der Waals surface area contributed by atoms with Crippen molar-refractivity contribution in [2.45, 2.75) is 91.8 Å². The molecule has 37 heavy (non-hydrogen) atoms. The molecule has 5 heteroatoms. The maximum atomic E-state index is 12.7. The van der Waals surface area contributed by atoms with Gasteiger partial charge in [-0.15, -0.1) is 0 Å². The molecule has 2 aromatic carbocycles. The van der Waals surface area contributed by atoms with Crippen molar-refractivity contribution in [1.29, 1.82) is 0 Å². The number of hydrogen-bond acceptors (Lipinski definition) is 5. The van der Waals surface area contributed by atoms with Gasteiger partial charge in [-0.1, -0.05) is 38.2 Å². The van der Waals surface area contributed by atoms with Crippen molar-refractivity contribution < 1.29 is 23.8 Å². The van der Waals surface area contributed by atoms with E-state index in [0.29, 0.717) is 11.3 Å². The van der Waals surface area contributed by atoms with E-state index in [2.05, 4.69) is 0 Å². The first-order valence-electron chi connectivity index (χ1n) is 13.5. The lowest BCUT2D eigenvalue weighted by atomic mass is 9.87. The van der Waals surface area contributed by atoms with Gasteiger partial charge in [-0.2, -0.15) is 0 Å². The molecule has 2 aromatic rings. The molecule has 0 unspecified atom stereocenters. The van der Waals surface area contributed by atoms with E-state index in [4.69, 9.17) is 14.2 Å². The molecule has 200 valence electrons. The fourth-order valence-electron chi connectivity index (χ4n) is 4.70. The molecule has 1 fully saturated rings. The number of esters is 1. The standard InChI is InChI=1S/C32H42O5/c1-22(2)36-31(34)32(5,6)37-30-23(3)20-26(21-24(30)4)12-17-29(33)27-13-15-28(16-14-27)35-19-18-25-10-8-7-9-11-25/h12-17,20-22,25H,7-11,18-19H2,1-6H3/b17-12+. The summed E-state index contributed by atoms with van der Waals surface area (Å²) in [6, 6.07) is 11.3. The number of benzene rings is 2. The number of carbonyl (C=O) groups excluding carboxylic acids is 2. The molecule has 0 saturated heterocycles. The van der Waals surface area contributed by atoms with Crippen LogP contribution in [0.25, 0.3) is 6.08 Å². The van der Waals surface area contributed by atoms with Gasteiger partial charge in [0.25, 0.3) is 0 Å². The Labute approximate surface area is 222 Å². The van der Waals surface area contributed by atoms with Gasteiger partial charge < -0.3 is 14.2 Å². The van der Waals surface area contributed by atoms with Crippen molar-refractivity contribution in [3.63, 3.8) is 0 Å². The monoisotopic (exact) mass is 506 g/mol. The van der Waals surface area contributed by atoms with Crippen LogP contribution < -0.4 is 9.47 Å². The van der Waals surface area contributed by atoms with Crippen molar-refractivity contribution in [3.8, 4) is 11.5 Å². The van der Waals surface area contributed by atoms with Gasteiger partial charge in [0.1, 0.15) is 11.5 Å². The average Bonchev–Trinajstić information content (AvgIpc) is 2.85. The molecular formula is C32H42O5. The van der Waals surface area contributed by atoms with Crippen LogP contribution in [0.15, 0.2) is 42.5 Å². The van der Waals surface area contributed by atoms with E-state index >= 15 is 0 Å². The third-order valence-corrected chi connectivity index (χ3v) is 6.76. The normalized spacial score (nSPS) is 14.7. The highest BCUT2D eigenvalue weighted by Crippen LogP contribution is 2.30. The molecule has 0 aromatic heterocycles.